The van der Waals surface area contributed by atoms with Gasteiger partial charge in [0.15, 0.2) is 5.13 Å². The molecule has 1 aliphatic heterocycles. The summed E-state index contributed by atoms with van der Waals surface area (Å²) in [7, 11) is 0. The van der Waals surface area contributed by atoms with Crippen LogP contribution in [0.5, 0.6) is 0 Å². The highest BCUT2D eigenvalue weighted by molar-refractivity contribution is 7.24. The molecule has 0 saturated carbocycles. The number of carbonyl (C=O) groups is 3. The minimum atomic E-state index is -0.258. The van der Waals surface area contributed by atoms with E-state index in [1.165, 1.54) is 11.3 Å². The SMILES string of the molecule is O=C(CCN1C(=O)CCC1=O)Nc1nc(-c2cccs2)c(-c2cccs2)s1. The average molecular weight is 418 g/mol. The van der Waals surface area contributed by atoms with Crippen LogP contribution in [-0.4, -0.2) is 34.2 Å². The molecule has 0 spiro atoms. The van der Waals surface area contributed by atoms with Gasteiger partial charge in [0.25, 0.3) is 0 Å². The molecule has 1 N–H and O–H groups in total. The van der Waals surface area contributed by atoms with E-state index in [4.69, 9.17) is 0 Å². The van der Waals surface area contributed by atoms with Gasteiger partial charge in [0, 0.05) is 30.7 Å². The van der Waals surface area contributed by atoms with Crippen molar-refractivity contribution in [3.63, 3.8) is 0 Å². The summed E-state index contributed by atoms with van der Waals surface area (Å²) in [6.07, 6.45) is 0.544. The summed E-state index contributed by atoms with van der Waals surface area (Å²) in [6.45, 7) is 0.116. The van der Waals surface area contributed by atoms with E-state index < -0.39 is 0 Å². The van der Waals surface area contributed by atoms with E-state index in [2.05, 4.69) is 10.3 Å². The van der Waals surface area contributed by atoms with Gasteiger partial charge in [-0.05, 0) is 22.9 Å². The number of likely N-dealkylation sites (tertiary alicyclic amines) is 1. The predicted octanol–water partition coefficient (Wildman–Crippen LogP) is 4.08. The van der Waals surface area contributed by atoms with Crippen LogP contribution in [0.3, 0.4) is 0 Å². The minimum absolute atomic E-state index is 0.0692. The van der Waals surface area contributed by atoms with E-state index in [-0.39, 0.29) is 43.5 Å². The number of hydrogen-bond acceptors (Lipinski definition) is 7. The molecule has 3 aromatic heterocycles. The maximum atomic E-state index is 12.3. The number of imide groups is 1. The monoisotopic (exact) mass is 417 g/mol. The lowest BCUT2D eigenvalue weighted by atomic mass is 10.3. The predicted molar refractivity (Wildman–Crippen MR) is 108 cm³/mol. The fourth-order valence-electron chi connectivity index (χ4n) is 2.80. The van der Waals surface area contributed by atoms with E-state index in [0.29, 0.717) is 5.13 Å². The van der Waals surface area contributed by atoms with Crippen LogP contribution in [-0.2, 0) is 14.4 Å². The Morgan fingerprint density at radius 3 is 2.37 bits per heavy atom. The van der Waals surface area contributed by atoms with Gasteiger partial charge in [-0.2, -0.15) is 0 Å². The highest BCUT2D eigenvalue weighted by Crippen LogP contribution is 2.42. The van der Waals surface area contributed by atoms with Crippen molar-refractivity contribution in [3.05, 3.63) is 35.0 Å². The zero-order valence-electron chi connectivity index (χ0n) is 14.1. The smallest absolute Gasteiger partial charge is 0.229 e. The second-order valence-electron chi connectivity index (χ2n) is 5.89. The lowest BCUT2D eigenvalue weighted by molar-refractivity contribution is -0.138. The summed E-state index contributed by atoms with van der Waals surface area (Å²) in [5, 5.41) is 7.33. The number of anilines is 1. The lowest BCUT2D eigenvalue weighted by Gasteiger charge is -2.12. The van der Waals surface area contributed by atoms with E-state index >= 15 is 0 Å². The number of thiazole rings is 1. The second-order valence-corrected chi connectivity index (χ2v) is 8.78. The molecule has 0 atom stereocenters. The summed E-state index contributed by atoms with van der Waals surface area (Å²) in [6, 6.07) is 8.00. The number of rotatable bonds is 6. The third kappa shape index (κ3) is 3.85. The zero-order valence-corrected chi connectivity index (χ0v) is 16.6. The van der Waals surface area contributed by atoms with Gasteiger partial charge in [0.05, 0.1) is 9.75 Å². The highest BCUT2D eigenvalue weighted by atomic mass is 32.1. The number of aromatic nitrogens is 1. The van der Waals surface area contributed by atoms with Gasteiger partial charge in [-0.15, -0.1) is 22.7 Å². The van der Waals surface area contributed by atoms with Crippen molar-refractivity contribution in [2.24, 2.45) is 0 Å². The number of carbonyl (C=O) groups excluding carboxylic acids is 3. The van der Waals surface area contributed by atoms with Gasteiger partial charge in [0.2, 0.25) is 17.7 Å². The van der Waals surface area contributed by atoms with Gasteiger partial charge < -0.3 is 5.32 Å². The summed E-state index contributed by atoms with van der Waals surface area (Å²) in [5.74, 6) is -0.671. The first-order valence-electron chi connectivity index (χ1n) is 8.33. The highest BCUT2D eigenvalue weighted by Gasteiger charge is 2.29. The Morgan fingerprint density at radius 1 is 1.07 bits per heavy atom. The van der Waals surface area contributed by atoms with Crippen molar-refractivity contribution >= 4 is 56.9 Å². The molecule has 138 valence electrons. The topological polar surface area (TPSA) is 79.4 Å². The molecule has 1 aliphatic rings. The Hall–Kier alpha value is -2.36. The van der Waals surface area contributed by atoms with Crippen LogP contribution in [0.25, 0.3) is 20.3 Å². The Morgan fingerprint density at radius 2 is 1.74 bits per heavy atom. The summed E-state index contributed by atoms with van der Waals surface area (Å²) in [4.78, 5) is 44.5. The first-order valence-corrected chi connectivity index (χ1v) is 10.9. The molecule has 0 aliphatic carbocycles. The van der Waals surface area contributed by atoms with Crippen molar-refractivity contribution < 1.29 is 14.4 Å². The molecule has 3 aromatic rings. The zero-order chi connectivity index (χ0) is 18.8. The molecule has 4 rings (SSSR count). The molecule has 0 radical (unpaired) electrons. The molecule has 0 bridgehead atoms. The molecule has 1 saturated heterocycles. The maximum absolute atomic E-state index is 12.3. The Labute approximate surface area is 167 Å². The lowest BCUT2D eigenvalue weighted by Crippen LogP contribution is -2.32. The van der Waals surface area contributed by atoms with Crippen LogP contribution >= 0.6 is 34.0 Å². The third-order valence-electron chi connectivity index (χ3n) is 4.09. The van der Waals surface area contributed by atoms with Crippen molar-refractivity contribution in [1.82, 2.24) is 9.88 Å². The summed E-state index contributed by atoms with van der Waals surface area (Å²) >= 11 is 4.66. The number of amides is 3. The fourth-order valence-corrected chi connectivity index (χ4v) is 5.43. The fraction of sp³-hybridized carbons (Fsp3) is 0.222. The summed E-state index contributed by atoms with van der Waals surface area (Å²) < 4.78 is 0. The molecule has 6 nitrogen and oxygen atoms in total. The number of hydrogen-bond donors (Lipinski definition) is 1. The molecule has 27 heavy (non-hydrogen) atoms. The van der Waals surface area contributed by atoms with Crippen LogP contribution in [0, 0.1) is 0 Å². The van der Waals surface area contributed by atoms with E-state index in [1.54, 1.807) is 22.7 Å². The Balaban J connectivity index is 1.49. The van der Waals surface area contributed by atoms with Gasteiger partial charge in [0.1, 0.15) is 5.69 Å². The molecule has 0 unspecified atom stereocenters. The van der Waals surface area contributed by atoms with Gasteiger partial charge in [-0.1, -0.05) is 23.5 Å². The van der Waals surface area contributed by atoms with Gasteiger partial charge >= 0.3 is 0 Å². The van der Waals surface area contributed by atoms with E-state index in [1.807, 2.05) is 35.0 Å². The van der Waals surface area contributed by atoms with Crippen molar-refractivity contribution in [2.45, 2.75) is 19.3 Å². The minimum Gasteiger partial charge on any atom is -0.302 e. The van der Waals surface area contributed by atoms with Crippen molar-refractivity contribution in [3.8, 4) is 20.3 Å². The summed E-state index contributed by atoms with van der Waals surface area (Å²) in [5.41, 5.74) is 0.859. The van der Waals surface area contributed by atoms with Crippen LogP contribution in [0.4, 0.5) is 5.13 Å². The van der Waals surface area contributed by atoms with Gasteiger partial charge in [-0.3, -0.25) is 19.3 Å². The third-order valence-corrected chi connectivity index (χ3v) is 6.99. The molecule has 3 amide bonds. The number of nitrogens with zero attached hydrogens (tertiary/aromatic N) is 2. The molecular weight excluding hydrogens is 402 g/mol. The quantitative estimate of drug-likeness (QED) is 0.613. The normalized spacial score (nSPS) is 14.1. The van der Waals surface area contributed by atoms with Crippen molar-refractivity contribution in [2.75, 3.05) is 11.9 Å². The standard InChI is InChI=1S/C18H15N3O3S3/c22-13(7-8-21-14(23)5-6-15(21)24)19-18-20-16(11-3-1-9-25-11)17(27-18)12-4-2-10-26-12/h1-4,9-10H,5-8H2,(H,19,20,22). The largest absolute Gasteiger partial charge is 0.302 e. The molecule has 1 fully saturated rings. The van der Waals surface area contributed by atoms with Crippen LogP contribution in [0.1, 0.15) is 19.3 Å². The Kier molecular flexibility index (Phi) is 5.15. The van der Waals surface area contributed by atoms with Gasteiger partial charge in [-0.25, -0.2) is 4.98 Å². The van der Waals surface area contributed by atoms with E-state index in [9.17, 15) is 14.4 Å². The first-order chi connectivity index (χ1) is 13.1. The molecule has 0 aromatic carbocycles. The van der Waals surface area contributed by atoms with Crippen LogP contribution < -0.4 is 5.32 Å². The van der Waals surface area contributed by atoms with Crippen molar-refractivity contribution in [1.29, 1.82) is 0 Å². The van der Waals surface area contributed by atoms with Crippen LogP contribution in [0.15, 0.2) is 35.0 Å². The first kappa shape index (κ1) is 18.0. The van der Waals surface area contributed by atoms with Crippen LogP contribution in [0.2, 0.25) is 0 Å². The second kappa shape index (κ2) is 7.71. The maximum Gasteiger partial charge on any atom is 0.229 e. The molecular formula is C18H15N3O3S3. The Bertz CT molecular complexity index is 909. The number of nitrogens with one attached hydrogen (secondary N) is 1. The van der Waals surface area contributed by atoms with E-state index in [0.717, 1.165) is 25.2 Å². The average Bonchev–Trinajstić information content (AvgIpc) is 3.42. The number of thiophene rings is 2. The molecule has 9 heteroatoms. The molecule has 4 heterocycles.